The lowest BCUT2D eigenvalue weighted by molar-refractivity contribution is 1.18. The number of fused-ring (bicyclic) bond motifs is 6. The van der Waals surface area contributed by atoms with Crippen LogP contribution >= 0.6 is 11.3 Å². The zero-order valence-corrected chi connectivity index (χ0v) is 35.2. The highest BCUT2D eigenvalue weighted by atomic mass is 32.1. The van der Waals surface area contributed by atoms with Crippen molar-refractivity contribution in [3.8, 4) is 50.2 Å². The minimum Gasteiger partial charge on any atom is -0.309 e. The largest absolute Gasteiger partial charge is 0.309 e. The van der Waals surface area contributed by atoms with Gasteiger partial charge in [0.15, 0.2) is 0 Å². The molecule has 0 aliphatic carbocycles. The Morgan fingerprint density at radius 1 is 0.317 bits per heavy atom. The molecule has 0 bridgehead atoms. The number of hydrogen-bond acceptors (Lipinski definition) is 2. The van der Waals surface area contributed by atoms with E-state index >= 15 is 0 Å². The minimum atomic E-state index is 1.09. The predicted octanol–water partition coefficient (Wildman–Crippen LogP) is 17.3. The van der Waals surface area contributed by atoms with Gasteiger partial charge in [0, 0.05) is 53.4 Å². The van der Waals surface area contributed by atoms with Gasteiger partial charge in [-0.2, -0.15) is 0 Å². The van der Waals surface area contributed by atoms with Crippen LogP contribution in [0.2, 0.25) is 0 Å². The fourth-order valence-electron chi connectivity index (χ4n) is 9.67. The molecule has 3 heteroatoms. The third-order valence-corrected chi connectivity index (χ3v) is 13.6. The second-order valence-corrected chi connectivity index (χ2v) is 17.1. The van der Waals surface area contributed by atoms with Gasteiger partial charge in [-0.1, -0.05) is 188 Å². The standard InChI is InChI=1S/C60H40N2S/c1-3-19-41(20-4-1)45-23-7-8-24-47(45)48-25-9-10-26-49(48)50-27-11-14-32-54(50)61(56-34-18-36-58-59(56)53-29-13-16-35-57(53)63-58)44-39-37-42(38-40-44)46-30-17-31-52-51-28-12-15-33-55(51)62(60(46)52)43-21-5-2-6-22-43/h1-40H. The third kappa shape index (κ3) is 6.24. The lowest BCUT2D eigenvalue weighted by atomic mass is 9.88. The Bertz CT molecular complexity index is 3620. The van der Waals surface area contributed by atoms with Crippen molar-refractivity contribution >= 4 is 70.4 Å². The van der Waals surface area contributed by atoms with Gasteiger partial charge in [-0.05, 0) is 88.0 Å². The number of para-hydroxylation sites is 4. The molecular formula is C60H40N2S. The topological polar surface area (TPSA) is 8.17 Å². The van der Waals surface area contributed by atoms with E-state index in [0.29, 0.717) is 0 Å². The summed E-state index contributed by atoms with van der Waals surface area (Å²) in [5.41, 5.74) is 16.4. The fraction of sp³-hybridized carbons (Fsp3) is 0. The van der Waals surface area contributed by atoms with Gasteiger partial charge < -0.3 is 9.47 Å². The summed E-state index contributed by atoms with van der Waals surface area (Å²) in [5.74, 6) is 0. The number of hydrogen-bond donors (Lipinski definition) is 0. The van der Waals surface area contributed by atoms with Gasteiger partial charge in [-0.25, -0.2) is 0 Å². The first-order valence-corrected chi connectivity index (χ1v) is 22.3. The van der Waals surface area contributed by atoms with Crippen LogP contribution in [0.15, 0.2) is 243 Å². The maximum absolute atomic E-state index is 2.49. The zero-order chi connectivity index (χ0) is 41.7. The molecule has 2 heterocycles. The van der Waals surface area contributed by atoms with Gasteiger partial charge in [-0.15, -0.1) is 11.3 Å². The van der Waals surface area contributed by atoms with E-state index in [1.165, 1.54) is 80.9 Å². The maximum atomic E-state index is 2.49. The molecule has 0 atom stereocenters. The van der Waals surface area contributed by atoms with Crippen LogP contribution in [-0.2, 0) is 0 Å². The van der Waals surface area contributed by atoms with Crippen molar-refractivity contribution in [2.24, 2.45) is 0 Å². The molecule has 63 heavy (non-hydrogen) atoms. The second kappa shape index (κ2) is 15.5. The molecule has 0 unspecified atom stereocenters. The summed E-state index contributed by atoms with van der Waals surface area (Å²) in [4.78, 5) is 2.49. The molecule has 0 N–H and O–H groups in total. The molecule has 12 aromatic rings. The number of benzene rings is 10. The van der Waals surface area contributed by atoms with Gasteiger partial charge in [0.1, 0.15) is 0 Å². The first kappa shape index (κ1) is 36.8. The van der Waals surface area contributed by atoms with E-state index in [9.17, 15) is 0 Å². The van der Waals surface area contributed by atoms with Crippen LogP contribution in [0.25, 0.3) is 92.2 Å². The Hall–Kier alpha value is -7.98. The quantitative estimate of drug-likeness (QED) is 0.148. The molecule has 0 saturated heterocycles. The Labute approximate surface area is 370 Å². The highest BCUT2D eigenvalue weighted by molar-refractivity contribution is 7.26. The average molecular weight is 821 g/mol. The molecule has 0 radical (unpaired) electrons. The van der Waals surface area contributed by atoms with Crippen molar-refractivity contribution < 1.29 is 0 Å². The lowest BCUT2D eigenvalue weighted by Gasteiger charge is -2.29. The Morgan fingerprint density at radius 2 is 0.825 bits per heavy atom. The van der Waals surface area contributed by atoms with Crippen molar-refractivity contribution in [1.82, 2.24) is 4.57 Å². The molecule has 2 nitrogen and oxygen atoms in total. The lowest BCUT2D eigenvalue weighted by Crippen LogP contribution is -2.11. The maximum Gasteiger partial charge on any atom is 0.0619 e. The van der Waals surface area contributed by atoms with Crippen LogP contribution in [0, 0.1) is 0 Å². The average Bonchev–Trinajstić information content (AvgIpc) is 3.92. The van der Waals surface area contributed by atoms with Crippen LogP contribution in [0.4, 0.5) is 17.1 Å². The summed E-state index contributed by atoms with van der Waals surface area (Å²) < 4.78 is 4.98. The number of anilines is 3. The van der Waals surface area contributed by atoms with Crippen molar-refractivity contribution in [3.63, 3.8) is 0 Å². The second-order valence-electron chi connectivity index (χ2n) is 16.0. The van der Waals surface area contributed by atoms with Crippen molar-refractivity contribution in [2.75, 3.05) is 4.90 Å². The number of nitrogens with zero attached hydrogens (tertiary/aromatic N) is 2. The van der Waals surface area contributed by atoms with Gasteiger partial charge in [0.2, 0.25) is 0 Å². The zero-order valence-electron chi connectivity index (χ0n) is 34.4. The molecule has 12 rings (SSSR count). The van der Waals surface area contributed by atoms with Crippen LogP contribution in [-0.4, -0.2) is 4.57 Å². The van der Waals surface area contributed by atoms with Crippen LogP contribution < -0.4 is 4.90 Å². The summed E-state index contributed by atoms with van der Waals surface area (Å²) in [7, 11) is 0. The minimum absolute atomic E-state index is 1.09. The van der Waals surface area contributed by atoms with E-state index in [1.54, 1.807) is 0 Å². The number of rotatable bonds is 8. The highest BCUT2D eigenvalue weighted by Crippen LogP contribution is 2.49. The Kier molecular flexibility index (Phi) is 9.06. The molecule has 0 aliphatic heterocycles. The van der Waals surface area contributed by atoms with Crippen molar-refractivity contribution in [3.05, 3.63) is 243 Å². The van der Waals surface area contributed by atoms with E-state index in [4.69, 9.17) is 0 Å². The fourth-order valence-corrected chi connectivity index (χ4v) is 10.8. The number of thiophene rings is 1. The molecule has 0 spiro atoms. The van der Waals surface area contributed by atoms with E-state index in [2.05, 4.69) is 252 Å². The van der Waals surface area contributed by atoms with Crippen LogP contribution in [0.3, 0.4) is 0 Å². The summed E-state index contributed by atoms with van der Waals surface area (Å²) >= 11 is 1.86. The molecule has 296 valence electrons. The van der Waals surface area contributed by atoms with Crippen molar-refractivity contribution in [2.45, 2.75) is 0 Å². The summed E-state index contributed by atoms with van der Waals surface area (Å²) in [5, 5.41) is 5.03. The SMILES string of the molecule is c1ccc(-c2ccccc2-c2ccccc2-c2ccccc2N(c2ccc(-c3cccc4c5ccccc5n(-c5ccccc5)c34)cc2)c2cccc3sc4ccccc4c23)cc1. The van der Waals surface area contributed by atoms with E-state index < -0.39 is 0 Å². The first-order valence-electron chi connectivity index (χ1n) is 21.5. The summed E-state index contributed by atoms with van der Waals surface area (Å²) in [6.07, 6.45) is 0. The summed E-state index contributed by atoms with van der Waals surface area (Å²) in [6.45, 7) is 0. The first-order chi connectivity index (χ1) is 31.3. The van der Waals surface area contributed by atoms with Gasteiger partial charge in [0.05, 0.1) is 22.4 Å². The van der Waals surface area contributed by atoms with E-state index in [0.717, 1.165) is 28.3 Å². The summed E-state index contributed by atoms with van der Waals surface area (Å²) in [6, 6.07) is 88.4. The van der Waals surface area contributed by atoms with Crippen molar-refractivity contribution in [1.29, 1.82) is 0 Å². The molecule has 0 aliphatic rings. The molecule has 0 saturated carbocycles. The van der Waals surface area contributed by atoms with Crippen LogP contribution in [0.1, 0.15) is 0 Å². The predicted molar refractivity (Wildman–Crippen MR) is 270 cm³/mol. The third-order valence-electron chi connectivity index (χ3n) is 12.4. The molecule has 10 aromatic carbocycles. The smallest absolute Gasteiger partial charge is 0.0619 e. The van der Waals surface area contributed by atoms with Gasteiger partial charge in [-0.3, -0.25) is 0 Å². The molecular weight excluding hydrogens is 781 g/mol. The van der Waals surface area contributed by atoms with Gasteiger partial charge in [0.25, 0.3) is 0 Å². The Balaban J connectivity index is 1.07. The Morgan fingerprint density at radius 3 is 1.60 bits per heavy atom. The van der Waals surface area contributed by atoms with E-state index in [-0.39, 0.29) is 0 Å². The normalized spacial score (nSPS) is 11.5. The van der Waals surface area contributed by atoms with Gasteiger partial charge >= 0.3 is 0 Å². The molecule has 0 amide bonds. The monoisotopic (exact) mass is 820 g/mol. The molecule has 0 fully saturated rings. The van der Waals surface area contributed by atoms with Crippen LogP contribution in [0.5, 0.6) is 0 Å². The van der Waals surface area contributed by atoms with E-state index in [1.807, 2.05) is 11.3 Å². The highest BCUT2D eigenvalue weighted by Gasteiger charge is 2.24. The molecule has 2 aromatic heterocycles. The number of aromatic nitrogens is 1.